The number of nitrogens with zero attached hydrogens (tertiary/aromatic N) is 2. The maximum Gasteiger partial charge on any atom is 0.317 e. The van der Waals surface area contributed by atoms with Crippen LogP contribution in [0.15, 0.2) is 0 Å². The van der Waals surface area contributed by atoms with Gasteiger partial charge in [-0.25, -0.2) is 4.79 Å². The first-order chi connectivity index (χ1) is 9.80. The third kappa shape index (κ3) is 4.09. The molecule has 1 aliphatic heterocycles. The lowest BCUT2D eigenvalue weighted by Crippen LogP contribution is -2.56. The first kappa shape index (κ1) is 16.1. The number of likely N-dealkylation sites (tertiary alicyclic amines) is 1. The van der Waals surface area contributed by atoms with Gasteiger partial charge in [0.2, 0.25) is 0 Å². The van der Waals surface area contributed by atoms with E-state index < -0.39 is 5.97 Å². The molecule has 0 aromatic heterocycles. The Labute approximate surface area is 126 Å². The summed E-state index contributed by atoms with van der Waals surface area (Å²) in [5.41, 5.74) is 0.222. The van der Waals surface area contributed by atoms with Crippen molar-refractivity contribution in [3.8, 4) is 0 Å². The van der Waals surface area contributed by atoms with Gasteiger partial charge in [0.1, 0.15) is 0 Å². The molecule has 2 amide bonds. The molecule has 0 aromatic carbocycles. The van der Waals surface area contributed by atoms with Crippen LogP contribution >= 0.6 is 0 Å². The molecule has 1 saturated heterocycles. The number of aliphatic carboxylic acids is 1. The smallest absolute Gasteiger partial charge is 0.317 e. The fourth-order valence-electron chi connectivity index (χ4n) is 3.23. The molecule has 2 rings (SSSR count). The van der Waals surface area contributed by atoms with E-state index in [9.17, 15) is 9.59 Å². The quantitative estimate of drug-likeness (QED) is 0.804. The van der Waals surface area contributed by atoms with Gasteiger partial charge in [0.25, 0.3) is 0 Å². The molecule has 6 heteroatoms. The summed E-state index contributed by atoms with van der Waals surface area (Å²) in [4.78, 5) is 26.8. The summed E-state index contributed by atoms with van der Waals surface area (Å²) in [6.45, 7) is 8.81. The van der Waals surface area contributed by atoms with E-state index in [0.717, 1.165) is 38.9 Å². The molecule has 1 saturated carbocycles. The molecule has 1 aliphatic carbocycles. The van der Waals surface area contributed by atoms with E-state index in [1.807, 2.05) is 16.7 Å². The highest BCUT2D eigenvalue weighted by atomic mass is 16.4. The number of urea groups is 1. The number of carbonyl (C=O) groups excluding carboxylic acids is 1. The number of hydrogen-bond acceptors (Lipinski definition) is 3. The second-order valence-corrected chi connectivity index (χ2v) is 7.06. The minimum absolute atomic E-state index is 0.0327. The van der Waals surface area contributed by atoms with E-state index in [4.69, 9.17) is 5.11 Å². The minimum atomic E-state index is -0.788. The van der Waals surface area contributed by atoms with Crippen LogP contribution < -0.4 is 5.32 Å². The SMILES string of the molecule is CCN(CC(=O)O)C1CC(NC(=O)N2CCC(C)(C)C2)C1. The predicted molar refractivity (Wildman–Crippen MR) is 80.2 cm³/mol. The molecule has 0 aromatic rings. The van der Waals surface area contributed by atoms with Gasteiger partial charge in [0, 0.05) is 25.2 Å². The average molecular weight is 297 g/mol. The maximum atomic E-state index is 12.2. The van der Waals surface area contributed by atoms with Crippen LogP contribution in [-0.2, 0) is 4.79 Å². The summed E-state index contributed by atoms with van der Waals surface area (Å²) >= 11 is 0. The number of carbonyl (C=O) groups is 2. The number of likely N-dealkylation sites (N-methyl/N-ethyl adjacent to an activating group) is 1. The van der Waals surface area contributed by atoms with Crippen LogP contribution in [0.25, 0.3) is 0 Å². The number of hydrogen-bond donors (Lipinski definition) is 2. The van der Waals surface area contributed by atoms with Crippen LogP contribution in [0.4, 0.5) is 4.79 Å². The normalized spacial score (nSPS) is 27.5. The van der Waals surface area contributed by atoms with E-state index in [-0.39, 0.29) is 30.1 Å². The highest BCUT2D eigenvalue weighted by Crippen LogP contribution is 2.30. The monoisotopic (exact) mass is 297 g/mol. The lowest BCUT2D eigenvalue weighted by Gasteiger charge is -2.42. The van der Waals surface area contributed by atoms with Crippen molar-refractivity contribution < 1.29 is 14.7 Å². The van der Waals surface area contributed by atoms with Gasteiger partial charge >= 0.3 is 12.0 Å². The van der Waals surface area contributed by atoms with Crippen molar-refractivity contribution in [2.45, 2.75) is 52.1 Å². The Morgan fingerprint density at radius 1 is 1.38 bits per heavy atom. The molecular formula is C15H27N3O3. The molecule has 0 spiro atoms. The first-order valence-electron chi connectivity index (χ1n) is 7.82. The molecule has 0 bridgehead atoms. The van der Waals surface area contributed by atoms with Gasteiger partial charge in [-0.3, -0.25) is 9.69 Å². The summed E-state index contributed by atoms with van der Waals surface area (Å²) in [6.07, 6.45) is 2.75. The Kier molecular flexibility index (Phi) is 4.76. The van der Waals surface area contributed by atoms with Crippen molar-refractivity contribution in [3.63, 3.8) is 0 Å². The molecule has 0 atom stereocenters. The molecular weight excluding hydrogens is 270 g/mol. The fraction of sp³-hybridized carbons (Fsp3) is 0.867. The van der Waals surface area contributed by atoms with Crippen molar-refractivity contribution in [1.82, 2.24) is 15.1 Å². The van der Waals surface area contributed by atoms with E-state index in [2.05, 4.69) is 19.2 Å². The highest BCUT2D eigenvalue weighted by Gasteiger charge is 2.37. The zero-order chi connectivity index (χ0) is 15.6. The molecule has 0 radical (unpaired) electrons. The second kappa shape index (κ2) is 6.22. The van der Waals surface area contributed by atoms with Crippen LogP contribution in [0, 0.1) is 5.41 Å². The number of nitrogens with one attached hydrogen (secondary N) is 1. The van der Waals surface area contributed by atoms with Crippen molar-refractivity contribution >= 4 is 12.0 Å². The standard InChI is InChI=1S/C15H27N3O3/c1-4-17(9-13(19)20)12-7-11(8-12)16-14(21)18-6-5-15(2,3)10-18/h11-12H,4-10H2,1-3H3,(H,16,21)(H,19,20). The Bertz CT molecular complexity index is 405. The average Bonchev–Trinajstić information content (AvgIpc) is 2.71. The van der Waals surface area contributed by atoms with Crippen LogP contribution in [0.5, 0.6) is 0 Å². The van der Waals surface area contributed by atoms with E-state index in [1.165, 1.54) is 0 Å². The molecule has 1 heterocycles. The number of carboxylic acids is 1. The Morgan fingerprint density at radius 2 is 2.05 bits per heavy atom. The summed E-state index contributed by atoms with van der Waals surface area (Å²) in [5, 5.41) is 11.9. The molecule has 120 valence electrons. The Hall–Kier alpha value is -1.30. The van der Waals surface area contributed by atoms with Gasteiger partial charge in [0.15, 0.2) is 0 Å². The largest absolute Gasteiger partial charge is 0.480 e. The van der Waals surface area contributed by atoms with Crippen molar-refractivity contribution in [1.29, 1.82) is 0 Å². The summed E-state index contributed by atoms with van der Waals surface area (Å²) in [6, 6.07) is 0.505. The van der Waals surface area contributed by atoms with Gasteiger partial charge in [-0.05, 0) is 31.2 Å². The lowest BCUT2D eigenvalue weighted by atomic mass is 9.85. The van der Waals surface area contributed by atoms with E-state index in [1.54, 1.807) is 0 Å². The van der Waals surface area contributed by atoms with Crippen molar-refractivity contribution in [3.05, 3.63) is 0 Å². The van der Waals surface area contributed by atoms with Crippen LogP contribution in [-0.4, -0.2) is 65.2 Å². The van der Waals surface area contributed by atoms with E-state index in [0.29, 0.717) is 0 Å². The van der Waals surface area contributed by atoms with Crippen LogP contribution in [0.2, 0.25) is 0 Å². The van der Waals surface area contributed by atoms with Gasteiger partial charge in [-0.2, -0.15) is 0 Å². The Morgan fingerprint density at radius 3 is 2.52 bits per heavy atom. The second-order valence-electron chi connectivity index (χ2n) is 7.06. The van der Waals surface area contributed by atoms with E-state index >= 15 is 0 Å². The molecule has 2 N–H and O–H groups in total. The summed E-state index contributed by atoms with van der Waals surface area (Å²) in [5.74, 6) is -0.788. The summed E-state index contributed by atoms with van der Waals surface area (Å²) < 4.78 is 0. The topological polar surface area (TPSA) is 72.9 Å². The molecule has 21 heavy (non-hydrogen) atoms. The van der Waals surface area contributed by atoms with Crippen molar-refractivity contribution in [2.75, 3.05) is 26.2 Å². The molecule has 0 unspecified atom stereocenters. The first-order valence-corrected chi connectivity index (χ1v) is 7.82. The zero-order valence-electron chi connectivity index (χ0n) is 13.3. The number of amides is 2. The van der Waals surface area contributed by atoms with Gasteiger partial charge in [-0.1, -0.05) is 20.8 Å². The van der Waals surface area contributed by atoms with Gasteiger partial charge < -0.3 is 15.3 Å². The lowest BCUT2D eigenvalue weighted by molar-refractivity contribution is -0.139. The maximum absolute atomic E-state index is 12.2. The van der Waals surface area contributed by atoms with Gasteiger partial charge in [0.05, 0.1) is 6.54 Å². The fourth-order valence-corrected chi connectivity index (χ4v) is 3.23. The van der Waals surface area contributed by atoms with Crippen molar-refractivity contribution in [2.24, 2.45) is 5.41 Å². The molecule has 2 fully saturated rings. The third-order valence-electron chi connectivity index (χ3n) is 4.67. The number of rotatable bonds is 5. The molecule has 2 aliphatic rings. The van der Waals surface area contributed by atoms with Crippen LogP contribution in [0.1, 0.15) is 40.0 Å². The van der Waals surface area contributed by atoms with Gasteiger partial charge in [-0.15, -0.1) is 0 Å². The minimum Gasteiger partial charge on any atom is -0.480 e. The van der Waals surface area contributed by atoms with Crippen LogP contribution in [0.3, 0.4) is 0 Å². The highest BCUT2D eigenvalue weighted by molar-refractivity contribution is 5.75. The number of carboxylic acid groups (broad SMARTS) is 1. The Balaban J connectivity index is 1.73. The molecule has 6 nitrogen and oxygen atoms in total. The predicted octanol–water partition coefficient (Wildman–Crippen LogP) is 1.37. The summed E-state index contributed by atoms with van der Waals surface area (Å²) in [7, 11) is 0. The third-order valence-corrected chi connectivity index (χ3v) is 4.67. The zero-order valence-corrected chi connectivity index (χ0v) is 13.3.